The fraction of sp³-hybridized carbons (Fsp3) is 0.111. The average molecular weight is 355 g/mol. The van der Waals surface area contributed by atoms with Crippen molar-refractivity contribution in [2.75, 3.05) is 12.2 Å². The zero-order valence-electron chi connectivity index (χ0n) is 13.1. The highest BCUT2D eigenvalue weighted by molar-refractivity contribution is 7.14. The van der Waals surface area contributed by atoms with E-state index < -0.39 is 0 Å². The minimum Gasteiger partial charge on any atom is -0.466 e. The van der Waals surface area contributed by atoms with E-state index in [1.807, 2.05) is 35.7 Å². The second-order valence-corrected chi connectivity index (χ2v) is 6.23. The van der Waals surface area contributed by atoms with E-state index >= 15 is 0 Å². The molecular formula is C18H14FN3O2S. The van der Waals surface area contributed by atoms with Crippen LogP contribution in [0.25, 0.3) is 11.3 Å². The highest BCUT2D eigenvalue weighted by Crippen LogP contribution is 2.28. The zero-order chi connectivity index (χ0) is 17.1. The molecular weight excluding hydrogens is 341 g/mol. The SMILES string of the molecule is Fc1cc(C=NNc2nc(-c3ccccc3)cs2)c2c(c1)COCO2. The van der Waals surface area contributed by atoms with Gasteiger partial charge in [-0.1, -0.05) is 30.3 Å². The van der Waals surface area contributed by atoms with E-state index in [0.29, 0.717) is 28.6 Å². The van der Waals surface area contributed by atoms with Crippen LogP contribution in [0.1, 0.15) is 11.1 Å². The Labute approximate surface area is 147 Å². The van der Waals surface area contributed by atoms with E-state index in [0.717, 1.165) is 11.3 Å². The van der Waals surface area contributed by atoms with Gasteiger partial charge in [-0.25, -0.2) is 9.37 Å². The molecule has 1 aliphatic rings. The quantitative estimate of drug-likeness (QED) is 0.561. The van der Waals surface area contributed by atoms with Crippen molar-refractivity contribution >= 4 is 22.7 Å². The smallest absolute Gasteiger partial charge is 0.203 e. The minimum atomic E-state index is -0.352. The number of halogens is 1. The summed E-state index contributed by atoms with van der Waals surface area (Å²) in [6.45, 7) is 0.480. The number of hydrogen-bond acceptors (Lipinski definition) is 6. The van der Waals surface area contributed by atoms with Crippen molar-refractivity contribution in [1.82, 2.24) is 4.98 Å². The normalized spacial score (nSPS) is 13.5. The number of nitrogens with zero attached hydrogens (tertiary/aromatic N) is 2. The average Bonchev–Trinajstić information content (AvgIpc) is 3.11. The molecule has 1 aromatic heterocycles. The Morgan fingerprint density at radius 1 is 1.24 bits per heavy atom. The third-order valence-electron chi connectivity index (χ3n) is 3.64. The number of hydrazone groups is 1. The lowest BCUT2D eigenvalue weighted by molar-refractivity contribution is -0.0166. The Bertz CT molecular complexity index is 912. The molecule has 0 saturated heterocycles. The molecule has 7 heteroatoms. The van der Waals surface area contributed by atoms with Gasteiger partial charge in [0.25, 0.3) is 0 Å². The summed E-state index contributed by atoms with van der Waals surface area (Å²) in [7, 11) is 0. The van der Waals surface area contributed by atoms with Crippen LogP contribution in [0.4, 0.5) is 9.52 Å². The standard InChI is InChI=1S/C18H14FN3O2S/c19-15-6-13(17-14(7-15)9-23-11-24-17)8-20-22-18-21-16(10-25-18)12-4-2-1-3-5-12/h1-8,10H,9,11H2,(H,21,22). The molecule has 126 valence electrons. The first-order chi connectivity index (χ1) is 12.3. The number of benzene rings is 2. The van der Waals surface area contributed by atoms with Crippen LogP contribution in [0.2, 0.25) is 0 Å². The molecule has 2 aromatic carbocycles. The first-order valence-electron chi connectivity index (χ1n) is 7.62. The molecule has 0 spiro atoms. The largest absolute Gasteiger partial charge is 0.466 e. The van der Waals surface area contributed by atoms with Gasteiger partial charge in [0, 0.05) is 22.1 Å². The van der Waals surface area contributed by atoms with E-state index in [1.165, 1.54) is 29.7 Å². The second-order valence-electron chi connectivity index (χ2n) is 5.37. The van der Waals surface area contributed by atoms with Crippen molar-refractivity contribution in [3.63, 3.8) is 0 Å². The number of aromatic nitrogens is 1. The van der Waals surface area contributed by atoms with Crippen LogP contribution >= 0.6 is 11.3 Å². The number of hydrogen-bond donors (Lipinski definition) is 1. The molecule has 5 nitrogen and oxygen atoms in total. The van der Waals surface area contributed by atoms with E-state index in [9.17, 15) is 4.39 Å². The summed E-state index contributed by atoms with van der Waals surface area (Å²) in [4.78, 5) is 4.49. The van der Waals surface area contributed by atoms with Gasteiger partial charge in [-0.15, -0.1) is 11.3 Å². The monoisotopic (exact) mass is 355 g/mol. The maximum absolute atomic E-state index is 13.7. The number of anilines is 1. The number of ether oxygens (including phenoxy) is 2. The Morgan fingerprint density at radius 2 is 2.12 bits per heavy atom. The van der Waals surface area contributed by atoms with Gasteiger partial charge >= 0.3 is 0 Å². The maximum atomic E-state index is 13.7. The third kappa shape index (κ3) is 3.52. The Morgan fingerprint density at radius 3 is 3.00 bits per heavy atom. The van der Waals surface area contributed by atoms with E-state index in [4.69, 9.17) is 9.47 Å². The van der Waals surface area contributed by atoms with Gasteiger partial charge in [0.1, 0.15) is 11.6 Å². The number of rotatable bonds is 4. The number of nitrogens with one attached hydrogen (secondary N) is 1. The summed E-state index contributed by atoms with van der Waals surface area (Å²) in [6, 6.07) is 12.7. The fourth-order valence-corrected chi connectivity index (χ4v) is 3.20. The van der Waals surface area contributed by atoms with Crippen LogP contribution in [-0.4, -0.2) is 18.0 Å². The van der Waals surface area contributed by atoms with Gasteiger partial charge in [-0.2, -0.15) is 5.10 Å². The van der Waals surface area contributed by atoms with Crippen LogP contribution in [0.3, 0.4) is 0 Å². The molecule has 25 heavy (non-hydrogen) atoms. The summed E-state index contributed by atoms with van der Waals surface area (Å²) in [5.41, 5.74) is 6.04. The first kappa shape index (κ1) is 15.7. The number of fused-ring (bicyclic) bond motifs is 1. The van der Waals surface area contributed by atoms with Crippen LogP contribution in [-0.2, 0) is 11.3 Å². The van der Waals surface area contributed by atoms with Crippen molar-refractivity contribution in [3.05, 3.63) is 64.8 Å². The summed E-state index contributed by atoms with van der Waals surface area (Å²) < 4.78 is 24.3. The predicted octanol–water partition coefficient (Wildman–Crippen LogP) is 4.26. The fourth-order valence-electron chi connectivity index (χ4n) is 2.53. The Hall–Kier alpha value is -2.77. The molecule has 0 bridgehead atoms. The van der Waals surface area contributed by atoms with Gasteiger partial charge in [0.15, 0.2) is 6.79 Å². The van der Waals surface area contributed by atoms with Crippen molar-refractivity contribution in [2.45, 2.75) is 6.61 Å². The van der Waals surface area contributed by atoms with Crippen LogP contribution in [0, 0.1) is 5.82 Å². The van der Waals surface area contributed by atoms with Crippen molar-refractivity contribution in [2.24, 2.45) is 5.10 Å². The molecule has 0 unspecified atom stereocenters. The highest BCUT2D eigenvalue weighted by atomic mass is 32.1. The summed E-state index contributed by atoms with van der Waals surface area (Å²) in [5, 5.41) is 6.77. The van der Waals surface area contributed by atoms with Crippen LogP contribution in [0.5, 0.6) is 5.75 Å². The lowest BCUT2D eigenvalue weighted by Crippen LogP contribution is -2.13. The van der Waals surface area contributed by atoms with Crippen LogP contribution in [0.15, 0.2) is 52.9 Å². The first-order valence-corrected chi connectivity index (χ1v) is 8.50. The van der Waals surface area contributed by atoms with Gasteiger partial charge in [-0.3, -0.25) is 5.43 Å². The zero-order valence-corrected chi connectivity index (χ0v) is 13.9. The molecule has 0 amide bonds. The lowest BCUT2D eigenvalue weighted by atomic mass is 10.1. The summed E-state index contributed by atoms with van der Waals surface area (Å²) >= 11 is 1.45. The molecule has 0 saturated carbocycles. The predicted molar refractivity (Wildman–Crippen MR) is 95.5 cm³/mol. The Balaban J connectivity index is 1.51. The minimum absolute atomic E-state index is 0.153. The van der Waals surface area contributed by atoms with Gasteiger partial charge in [0.05, 0.1) is 18.5 Å². The molecule has 1 N–H and O–H groups in total. The van der Waals surface area contributed by atoms with E-state index in [1.54, 1.807) is 0 Å². The Kier molecular flexibility index (Phi) is 4.41. The molecule has 0 fully saturated rings. The van der Waals surface area contributed by atoms with Crippen molar-refractivity contribution in [1.29, 1.82) is 0 Å². The molecule has 0 atom stereocenters. The topological polar surface area (TPSA) is 55.7 Å². The van der Waals surface area contributed by atoms with Crippen molar-refractivity contribution in [3.8, 4) is 17.0 Å². The molecule has 3 aromatic rings. The maximum Gasteiger partial charge on any atom is 0.203 e. The third-order valence-corrected chi connectivity index (χ3v) is 4.39. The van der Waals surface area contributed by atoms with Gasteiger partial charge in [-0.05, 0) is 12.1 Å². The second kappa shape index (κ2) is 7.00. The lowest BCUT2D eigenvalue weighted by Gasteiger charge is -2.19. The van der Waals surface area contributed by atoms with E-state index in [2.05, 4.69) is 15.5 Å². The van der Waals surface area contributed by atoms with Gasteiger partial charge < -0.3 is 9.47 Å². The van der Waals surface area contributed by atoms with E-state index in [-0.39, 0.29) is 12.6 Å². The molecule has 0 radical (unpaired) electrons. The molecule has 1 aliphatic heterocycles. The molecule has 2 heterocycles. The van der Waals surface area contributed by atoms with Gasteiger partial charge in [0.2, 0.25) is 5.13 Å². The molecule has 0 aliphatic carbocycles. The summed E-state index contributed by atoms with van der Waals surface area (Å²) in [6.07, 6.45) is 1.52. The summed E-state index contributed by atoms with van der Waals surface area (Å²) in [5.74, 6) is 0.247. The van der Waals surface area contributed by atoms with Crippen LogP contribution < -0.4 is 10.2 Å². The highest BCUT2D eigenvalue weighted by Gasteiger charge is 2.15. The van der Waals surface area contributed by atoms with Crippen molar-refractivity contribution < 1.29 is 13.9 Å². The molecule has 4 rings (SSSR count). The number of thiazole rings is 1.